The number of benzene rings is 1. The maximum absolute atomic E-state index is 4.42. The topological polar surface area (TPSA) is 37.8 Å². The Morgan fingerprint density at radius 1 is 1.10 bits per heavy atom. The summed E-state index contributed by atoms with van der Waals surface area (Å²) in [6.07, 6.45) is 2.36. The Hall–Kier alpha value is -1.26. The van der Waals surface area contributed by atoms with E-state index in [2.05, 4.69) is 60.6 Å². The smallest absolute Gasteiger partial charge is 0.139 e. The fourth-order valence-electron chi connectivity index (χ4n) is 2.32. The molecule has 0 aliphatic rings. The molecule has 0 radical (unpaired) electrons. The molecule has 1 aromatic carbocycles. The summed E-state index contributed by atoms with van der Waals surface area (Å²) in [5.74, 6) is 0.504. The highest BCUT2D eigenvalue weighted by Gasteiger charge is 2.19. The first-order valence-corrected chi connectivity index (χ1v) is 8.19. The molecule has 2 aromatic rings. The third-order valence-corrected chi connectivity index (χ3v) is 4.61. The molecule has 2 atom stereocenters. The molecule has 0 amide bonds. The molecule has 0 bridgehead atoms. The zero-order valence-electron chi connectivity index (χ0n) is 12.5. The summed E-state index contributed by atoms with van der Waals surface area (Å²) in [6.45, 7) is 7.49. The van der Waals surface area contributed by atoms with Crippen LogP contribution in [0.25, 0.3) is 0 Å². The van der Waals surface area contributed by atoms with Crippen molar-refractivity contribution in [1.29, 1.82) is 0 Å². The fourth-order valence-corrected chi connectivity index (χ4v) is 3.35. The van der Waals surface area contributed by atoms with E-state index in [9.17, 15) is 0 Å². The predicted octanol–water partition coefficient (Wildman–Crippen LogP) is 4.14. The SMILES string of the molecule is CCCC(C)c1nnc(C(NCC)c2ccccc2)s1. The van der Waals surface area contributed by atoms with E-state index in [1.165, 1.54) is 18.4 Å². The van der Waals surface area contributed by atoms with Crippen molar-refractivity contribution in [2.75, 3.05) is 6.54 Å². The lowest BCUT2D eigenvalue weighted by molar-refractivity contribution is 0.617. The van der Waals surface area contributed by atoms with E-state index in [0.717, 1.165) is 16.6 Å². The molecule has 2 rings (SSSR count). The minimum absolute atomic E-state index is 0.154. The molecule has 0 aliphatic carbocycles. The molecule has 1 heterocycles. The molecular formula is C16H23N3S. The van der Waals surface area contributed by atoms with Gasteiger partial charge in [0.15, 0.2) is 0 Å². The number of nitrogens with zero attached hydrogens (tertiary/aromatic N) is 2. The van der Waals surface area contributed by atoms with E-state index in [1.54, 1.807) is 11.3 Å². The molecule has 1 aromatic heterocycles. The van der Waals surface area contributed by atoms with Gasteiger partial charge in [0, 0.05) is 5.92 Å². The number of nitrogens with one attached hydrogen (secondary N) is 1. The lowest BCUT2D eigenvalue weighted by Crippen LogP contribution is -2.21. The summed E-state index contributed by atoms with van der Waals surface area (Å²) in [6, 6.07) is 10.6. The maximum Gasteiger partial charge on any atom is 0.139 e. The van der Waals surface area contributed by atoms with E-state index in [1.807, 2.05) is 6.07 Å². The van der Waals surface area contributed by atoms with Crippen LogP contribution in [-0.4, -0.2) is 16.7 Å². The van der Waals surface area contributed by atoms with Gasteiger partial charge in [0.25, 0.3) is 0 Å². The second-order valence-electron chi connectivity index (χ2n) is 5.07. The first kappa shape index (κ1) is 15.1. The molecule has 1 N–H and O–H groups in total. The van der Waals surface area contributed by atoms with Crippen LogP contribution in [0, 0.1) is 0 Å². The molecule has 0 saturated heterocycles. The van der Waals surface area contributed by atoms with Gasteiger partial charge in [-0.1, -0.05) is 68.9 Å². The highest BCUT2D eigenvalue weighted by Crippen LogP contribution is 2.29. The lowest BCUT2D eigenvalue weighted by Gasteiger charge is -2.15. The largest absolute Gasteiger partial charge is 0.304 e. The first-order chi connectivity index (χ1) is 9.76. The molecular weight excluding hydrogens is 266 g/mol. The summed E-state index contributed by atoms with van der Waals surface area (Å²) in [7, 11) is 0. The van der Waals surface area contributed by atoms with Crippen LogP contribution in [-0.2, 0) is 0 Å². The van der Waals surface area contributed by atoms with Crippen LogP contribution in [0.4, 0.5) is 0 Å². The van der Waals surface area contributed by atoms with Gasteiger partial charge in [-0.3, -0.25) is 0 Å². The van der Waals surface area contributed by atoms with Crippen molar-refractivity contribution < 1.29 is 0 Å². The Labute approximate surface area is 125 Å². The van der Waals surface area contributed by atoms with E-state index < -0.39 is 0 Å². The molecule has 0 aliphatic heterocycles. The Kier molecular flexibility index (Phi) is 5.68. The monoisotopic (exact) mass is 289 g/mol. The minimum atomic E-state index is 0.154. The zero-order chi connectivity index (χ0) is 14.4. The summed E-state index contributed by atoms with van der Waals surface area (Å²) in [5.41, 5.74) is 1.25. The van der Waals surface area contributed by atoms with E-state index in [-0.39, 0.29) is 6.04 Å². The van der Waals surface area contributed by atoms with Crippen molar-refractivity contribution in [3.63, 3.8) is 0 Å². The van der Waals surface area contributed by atoms with Crippen molar-refractivity contribution in [3.05, 3.63) is 45.9 Å². The van der Waals surface area contributed by atoms with Gasteiger partial charge in [0.1, 0.15) is 10.0 Å². The van der Waals surface area contributed by atoms with Gasteiger partial charge >= 0.3 is 0 Å². The highest BCUT2D eigenvalue weighted by atomic mass is 32.1. The summed E-state index contributed by atoms with van der Waals surface area (Å²) < 4.78 is 0. The standard InChI is InChI=1S/C16H23N3S/c1-4-9-12(3)15-18-19-16(20-15)14(17-5-2)13-10-7-6-8-11-13/h6-8,10-12,14,17H,4-5,9H2,1-3H3. The summed E-state index contributed by atoms with van der Waals surface area (Å²) >= 11 is 1.74. The third-order valence-electron chi connectivity index (χ3n) is 3.39. The van der Waals surface area contributed by atoms with Crippen LogP contribution in [0.15, 0.2) is 30.3 Å². The quantitative estimate of drug-likeness (QED) is 0.832. The van der Waals surface area contributed by atoms with E-state index in [4.69, 9.17) is 0 Å². The number of aromatic nitrogens is 2. The summed E-state index contributed by atoms with van der Waals surface area (Å²) in [4.78, 5) is 0. The van der Waals surface area contributed by atoms with Gasteiger partial charge in [0.2, 0.25) is 0 Å². The van der Waals surface area contributed by atoms with Crippen molar-refractivity contribution in [2.24, 2.45) is 0 Å². The zero-order valence-corrected chi connectivity index (χ0v) is 13.3. The molecule has 3 nitrogen and oxygen atoms in total. The van der Waals surface area contributed by atoms with Gasteiger partial charge in [-0.15, -0.1) is 10.2 Å². The average molecular weight is 289 g/mol. The van der Waals surface area contributed by atoms with Crippen LogP contribution in [0.2, 0.25) is 0 Å². The second-order valence-corrected chi connectivity index (χ2v) is 6.11. The number of hydrogen-bond donors (Lipinski definition) is 1. The van der Waals surface area contributed by atoms with Crippen molar-refractivity contribution >= 4 is 11.3 Å². The minimum Gasteiger partial charge on any atom is -0.304 e. The molecule has 0 saturated carbocycles. The van der Waals surface area contributed by atoms with Crippen molar-refractivity contribution in [2.45, 2.75) is 45.6 Å². The first-order valence-electron chi connectivity index (χ1n) is 7.37. The second kappa shape index (κ2) is 7.50. The van der Waals surface area contributed by atoms with Crippen LogP contribution < -0.4 is 5.32 Å². The van der Waals surface area contributed by atoms with Gasteiger partial charge in [-0.25, -0.2) is 0 Å². The lowest BCUT2D eigenvalue weighted by atomic mass is 10.1. The van der Waals surface area contributed by atoms with Crippen molar-refractivity contribution in [3.8, 4) is 0 Å². The number of hydrogen-bond acceptors (Lipinski definition) is 4. The average Bonchev–Trinajstić information content (AvgIpc) is 2.95. The predicted molar refractivity (Wildman–Crippen MR) is 85.2 cm³/mol. The molecule has 0 spiro atoms. The summed E-state index contributed by atoms with van der Waals surface area (Å²) in [5, 5.41) is 14.5. The third kappa shape index (κ3) is 3.64. The Morgan fingerprint density at radius 3 is 2.45 bits per heavy atom. The fraction of sp³-hybridized carbons (Fsp3) is 0.500. The Bertz CT molecular complexity index is 509. The van der Waals surface area contributed by atoms with Gasteiger partial charge in [-0.2, -0.15) is 0 Å². The highest BCUT2D eigenvalue weighted by molar-refractivity contribution is 7.11. The van der Waals surface area contributed by atoms with Gasteiger partial charge in [-0.05, 0) is 18.5 Å². The molecule has 4 heteroatoms. The molecule has 0 fully saturated rings. The van der Waals surface area contributed by atoms with E-state index >= 15 is 0 Å². The van der Waals surface area contributed by atoms with E-state index in [0.29, 0.717) is 5.92 Å². The molecule has 2 unspecified atom stereocenters. The van der Waals surface area contributed by atoms with Crippen LogP contribution in [0.1, 0.15) is 61.2 Å². The van der Waals surface area contributed by atoms with Crippen LogP contribution in [0.5, 0.6) is 0 Å². The Balaban J connectivity index is 2.22. The molecule has 108 valence electrons. The van der Waals surface area contributed by atoms with Crippen molar-refractivity contribution in [1.82, 2.24) is 15.5 Å². The Morgan fingerprint density at radius 2 is 1.80 bits per heavy atom. The number of rotatable bonds is 7. The van der Waals surface area contributed by atoms with Crippen LogP contribution >= 0.6 is 11.3 Å². The molecule has 20 heavy (non-hydrogen) atoms. The van der Waals surface area contributed by atoms with Gasteiger partial charge < -0.3 is 5.32 Å². The van der Waals surface area contributed by atoms with Gasteiger partial charge in [0.05, 0.1) is 6.04 Å². The van der Waals surface area contributed by atoms with Crippen LogP contribution in [0.3, 0.4) is 0 Å². The maximum atomic E-state index is 4.42. The normalized spacial score (nSPS) is 14.2.